The van der Waals surface area contributed by atoms with Crippen molar-refractivity contribution in [1.82, 2.24) is 9.97 Å². The van der Waals surface area contributed by atoms with Gasteiger partial charge in [-0.25, -0.2) is 18.4 Å². The van der Waals surface area contributed by atoms with E-state index < -0.39 is 15.4 Å². The SMILES string of the molecule is COC(=O)C1(c2ccnc(NS(=O)(=O)C3CC3)n2)CCC(OC)CC1. The summed E-state index contributed by atoms with van der Waals surface area (Å²) in [6.07, 6.45) is 5.36. The number of hydrogen-bond acceptors (Lipinski definition) is 7. The van der Waals surface area contributed by atoms with Crippen molar-refractivity contribution in [1.29, 1.82) is 0 Å². The van der Waals surface area contributed by atoms with Crippen LogP contribution in [0.15, 0.2) is 12.3 Å². The third kappa shape index (κ3) is 3.62. The standard InChI is InChI=1S/C16H23N3O5S/c1-23-11-5-8-16(9-6-11,14(20)24-2)13-7-10-17-15(18-13)19-25(21,22)12-3-4-12/h7,10-12H,3-6,8-9H2,1-2H3,(H,17,18,19). The van der Waals surface area contributed by atoms with Gasteiger partial charge in [-0.2, -0.15) is 0 Å². The number of sulfonamides is 1. The van der Waals surface area contributed by atoms with Crippen LogP contribution in [-0.2, 0) is 29.7 Å². The van der Waals surface area contributed by atoms with Crippen molar-refractivity contribution in [3.63, 3.8) is 0 Å². The minimum Gasteiger partial charge on any atom is -0.468 e. The molecule has 138 valence electrons. The summed E-state index contributed by atoms with van der Waals surface area (Å²) in [7, 11) is -0.448. The van der Waals surface area contributed by atoms with Crippen LogP contribution in [0.1, 0.15) is 44.2 Å². The average molecular weight is 369 g/mol. The second-order valence-electron chi connectivity index (χ2n) is 6.62. The number of hydrogen-bond donors (Lipinski definition) is 1. The van der Waals surface area contributed by atoms with Crippen molar-refractivity contribution in [2.45, 2.75) is 55.3 Å². The van der Waals surface area contributed by atoms with Gasteiger partial charge in [0.05, 0.1) is 24.2 Å². The smallest absolute Gasteiger partial charge is 0.317 e. The highest BCUT2D eigenvalue weighted by Crippen LogP contribution is 2.40. The second-order valence-corrected chi connectivity index (χ2v) is 8.58. The van der Waals surface area contributed by atoms with Crippen molar-refractivity contribution in [3.8, 4) is 0 Å². The monoisotopic (exact) mass is 369 g/mol. The van der Waals surface area contributed by atoms with E-state index >= 15 is 0 Å². The van der Waals surface area contributed by atoms with Crippen LogP contribution < -0.4 is 4.72 Å². The molecule has 1 N–H and O–H groups in total. The van der Waals surface area contributed by atoms with Gasteiger partial charge in [-0.1, -0.05) is 0 Å². The molecule has 2 fully saturated rings. The Balaban J connectivity index is 1.89. The molecule has 0 spiro atoms. The Morgan fingerprint density at radius 1 is 1.24 bits per heavy atom. The maximum Gasteiger partial charge on any atom is 0.317 e. The number of nitrogens with one attached hydrogen (secondary N) is 1. The Kier molecular flexibility index (Phi) is 4.97. The van der Waals surface area contributed by atoms with Crippen molar-refractivity contribution < 1.29 is 22.7 Å². The quantitative estimate of drug-likeness (QED) is 0.755. The molecule has 0 atom stereocenters. The molecule has 0 saturated heterocycles. The van der Waals surface area contributed by atoms with E-state index in [9.17, 15) is 13.2 Å². The van der Waals surface area contributed by atoms with Gasteiger partial charge in [0, 0.05) is 13.3 Å². The highest BCUT2D eigenvalue weighted by Gasteiger charge is 2.46. The molecule has 1 aromatic heterocycles. The van der Waals surface area contributed by atoms with Gasteiger partial charge in [-0.15, -0.1) is 0 Å². The highest BCUT2D eigenvalue weighted by molar-refractivity contribution is 7.93. The van der Waals surface area contributed by atoms with Crippen molar-refractivity contribution in [2.24, 2.45) is 0 Å². The number of methoxy groups -OCH3 is 2. The number of esters is 1. The maximum absolute atomic E-state index is 12.5. The van der Waals surface area contributed by atoms with Crippen LogP contribution in [0.5, 0.6) is 0 Å². The molecule has 3 rings (SSSR count). The number of aromatic nitrogens is 2. The first-order valence-corrected chi connectivity index (χ1v) is 9.92. The average Bonchev–Trinajstić information content (AvgIpc) is 3.46. The van der Waals surface area contributed by atoms with Gasteiger partial charge in [0.25, 0.3) is 0 Å². The number of carbonyl (C=O) groups excluding carboxylic acids is 1. The Bertz CT molecular complexity index is 740. The molecule has 9 heteroatoms. The number of ether oxygens (including phenoxy) is 2. The van der Waals surface area contributed by atoms with E-state index in [1.54, 1.807) is 13.2 Å². The predicted molar refractivity (Wildman–Crippen MR) is 90.6 cm³/mol. The third-order valence-electron chi connectivity index (χ3n) is 5.04. The van der Waals surface area contributed by atoms with Crippen molar-refractivity contribution in [2.75, 3.05) is 18.9 Å². The lowest BCUT2D eigenvalue weighted by molar-refractivity contribution is -0.150. The van der Waals surface area contributed by atoms with Gasteiger partial charge in [0.1, 0.15) is 5.41 Å². The molecule has 8 nitrogen and oxygen atoms in total. The van der Waals surface area contributed by atoms with Crippen LogP contribution >= 0.6 is 0 Å². The van der Waals surface area contributed by atoms with E-state index in [2.05, 4.69) is 14.7 Å². The Labute approximate surface area is 147 Å². The number of rotatable bonds is 6. The lowest BCUT2D eigenvalue weighted by Gasteiger charge is -2.36. The summed E-state index contributed by atoms with van der Waals surface area (Å²) in [5.74, 6) is -0.363. The Morgan fingerprint density at radius 3 is 2.48 bits per heavy atom. The summed E-state index contributed by atoms with van der Waals surface area (Å²) >= 11 is 0. The molecule has 0 aliphatic heterocycles. The van der Waals surface area contributed by atoms with Crippen LogP contribution in [0.25, 0.3) is 0 Å². The normalized spacial score (nSPS) is 26.9. The molecule has 0 radical (unpaired) electrons. The van der Waals surface area contributed by atoms with Gasteiger partial charge in [0.15, 0.2) is 0 Å². The number of carbonyl (C=O) groups is 1. The maximum atomic E-state index is 12.5. The minimum absolute atomic E-state index is 0.00143. The van der Waals surface area contributed by atoms with Gasteiger partial charge >= 0.3 is 5.97 Å². The molecule has 0 amide bonds. The van der Waals surface area contributed by atoms with Gasteiger partial charge in [-0.05, 0) is 44.6 Å². The molecule has 1 heterocycles. The van der Waals surface area contributed by atoms with Crippen LogP contribution in [0, 0.1) is 0 Å². The van der Waals surface area contributed by atoms with E-state index in [4.69, 9.17) is 9.47 Å². The molecule has 1 aromatic rings. The van der Waals surface area contributed by atoms with Gasteiger partial charge in [-0.3, -0.25) is 9.52 Å². The molecule has 2 aliphatic carbocycles. The Morgan fingerprint density at radius 2 is 1.92 bits per heavy atom. The fourth-order valence-electron chi connectivity index (χ4n) is 3.34. The van der Waals surface area contributed by atoms with Gasteiger partial charge < -0.3 is 9.47 Å². The summed E-state index contributed by atoms with van der Waals surface area (Å²) in [6, 6.07) is 1.65. The molecule has 0 unspecified atom stereocenters. The summed E-state index contributed by atoms with van der Waals surface area (Å²) in [5, 5.41) is -0.369. The Hall–Kier alpha value is -1.74. The van der Waals surface area contributed by atoms with Crippen LogP contribution in [0.4, 0.5) is 5.95 Å². The molecule has 0 aromatic carbocycles. The van der Waals surface area contributed by atoms with Crippen LogP contribution in [0.3, 0.4) is 0 Å². The zero-order valence-electron chi connectivity index (χ0n) is 14.4. The summed E-state index contributed by atoms with van der Waals surface area (Å²) in [5.41, 5.74) is -0.413. The first-order chi connectivity index (χ1) is 11.9. The number of nitrogens with zero attached hydrogens (tertiary/aromatic N) is 2. The lowest BCUT2D eigenvalue weighted by Crippen LogP contribution is -2.43. The van der Waals surface area contributed by atoms with Crippen LogP contribution in [0.2, 0.25) is 0 Å². The number of anilines is 1. The van der Waals surface area contributed by atoms with Crippen molar-refractivity contribution in [3.05, 3.63) is 18.0 Å². The summed E-state index contributed by atoms with van der Waals surface area (Å²) in [6.45, 7) is 0. The third-order valence-corrected chi connectivity index (χ3v) is 6.85. The fraction of sp³-hybridized carbons (Fsp3) is 0.688. The zero-order chi connectivity index (χ0) is 18.1. The summed E-state index contributed by atoms with van der Waals surface area (Å²) in [4.78, 5) is 20.9. The highest BCUT2D eigenvalue weighted by atomic mass is 32.2. The first kappa shape index (κ1) is 18.1. The first-order valence-electron chi connectivity index (χ1n) is 8.37. The lowest BCUT2D eigenvalue weighted by atomic mass is 9.70. The zero-order valence-corrected chi connectivity index (χ0v) is 15.2. The van der Waals surface area contributed by atoms with Crippen molar-refractivity contribution >= 4 is 21.9 Å². The van der Waals surface area contributed by atoms with E-state index in [1.807, 2.05) is 0 Å². The molecule has 2 saturated carbocycles. The van der Waals surface area contributed by atoms with E-state index in [0.717, 1.165) is 0 Å². The molecule has 0 bridgehead atoms. The molecule has 2 aliphatic rings. The van der Waals surface area contributed by atoms with E-state index in [1.165, 1.54) is 13.3 Å². The van der Waals surface area contributed by atoms with Gasteiger partial charge in [0.2, 0.25) is 16.0 Å². The van der Waals surface area contributed by atoms with E-state index in [0.29, 0.717) is 44.2 Å². The molecular formula is C16H23N3O5S. The molecular weight excluding hydrogens is 346 g/mol. The predicted octanol–water partition coefficient (Wildman–Crippen LogP) is 1.38. The minimum atomic E-state index is -3.46. The molecule has 25 heavy (non-hydrogen) atoms. The summed E-state index contributed by atoms with van der Waals surface area (Å²) < 4.78 is 37.0. The largest absolute Gasteiger partial charge is 0.468 e. The van der Waals surface area contributed by atoms with Crippen LogP contribution in [-0.4, -0.2) is 49.9 Å². The second kappa shape index (κ2) is 6.87. The van der Waals surface area contributed by atoms with E-state index in [-0.39, 0.29) is 23.3 Å². The topological polar surface area (TPSA) is 107 Å². The fourth-order valence-corrected chi connectivity index (χ4v) is 4.62.